The number of fused-ring (bicyclic) bond motifs is 2. The molecular formula is C24H22N10. The van der Waals surface area contributed by atoms with E-state index in [1.54, 1.807) is 24.7 Å². The molecule has 5 rings (SSSR count). The van der Waals surface area contributed by atoms with E-state index in [2.05, 4.69) is 47.3 Å². The molecule has 0 aliphatic heterocycles. The fourth-order valence-electron chi connectivity index (χ4n) is 3.51. The molecule has 34 heavy (non-hydrogen) atoms. The van der Waals surface area contributed by atoms with Crippen LogP contribution in [0.25, 0.3) is 39.0 Å². The van der Waals surface area contributed by atoms with Crippen LogP contribution in [0.15, 0.2) is 85.7 Å². The van der Waals surface area contributed by atoms with E-state index in [1.165, 1.54) is 12.4 Å². The Hall–Kier alpha value is -5.12. The lowest BCUT2D eigenvalue weighted by molar-refractivity contribution is 1.11. The van der Waals surface area contributed by atoms with Crippen molar-refractivity contribution in [2.45, 2.75) is 0 Å². The van der Waals surface area contributed by atoms with Crippen molar-refractivity contribution < 1.29 is 0 Å². The number of nitrogens with one attached hydrogen (secondary N) is 4. The van der Waals surface area contributed by atoms with Gasteiger partial charge in [0, 0.05) is 40.6 Å². The first-order valence-electron chi connectivity index (χ1n) is 10.4. The Morgan fingerprint density at radius 1 is 1.00 bits per heavy atom. The highest BCUT2D eigenvalue weighted by Crippen LogP contribution is 2.24. The van der Waals surface area contributed by atoms with Crippen LogP contribution in [0.5, 0.6) is 0 Å². The van der Waals surface area contributed by atoms with Gasteiger partial charge in [0.1, 0.15) is 11.5 Å². The van der Waals surface area contributed by atoms with Crippen LogP contribution in [0.1, 0.15) is 5.69 Å². The first kappa shape index (κ1) is 20.8. The fourth-order valence-corrected chi connectivity index (χ4v) is 3.51. The maximum atomic E-state index is 5.61. The van der Waals surface area contributed by atoms with E-state index in [9.17, 15) is 0 Å². The number of benzene rings is 1. The first-order valence-corrected chi connectivity index (χ1v) is 10.4. The van der Waals surface area contributed by atoms with Gasteiger partial charge >= 0.3 is 0 Å². The molecule has 0 unspecified atom stereocenters. The van der Waals surface area contributed by atoms with Crippen LogP contribution in [0.3, 0.4) is 0 Å². The average Bonchev–Trinajstić information content (AvgIpc) is 3.50. The minimum absolute atomic E-state index is 0.505. The van der Waals surface area contributed by atoms with Crippen LogP contribution in [-0.4, -0.2) is 30.1 Å². The van der Waals surface area contributed by atoms with Gasteiger partial charge in [-0.15, -0.1) is 0 Å². The Labute approximate surface area is 194 Å². The van der Waals surface area contributed by atoms with Gasteiger partial charge in [-0.3, -0.25) is 10.1 Å². The van der Waals surface area contributed by atoms with Crippen molar-refractivity contribution in [1.29, 1.82) is 0 Å². The zero-order valence-electron chi connectivity index (χ0n) is 18.1. The summed E-state index contributed by atoms with van der Waals surface area (Å²) < 4.78 is 0. The standard InChI is InChI=1S/C24H22N10/c1-14(30-18(11-26)4-6-25)20-9-16-12-28-22(10-21(16)32-20)24-27-7-5-23(33-24)31-17-2-3-19-15(8-17)13-29-34-19/h2-13,30,32H,1,25-26H2,(H,29,34)(H,27,31,33)/b6-4-,18-11+. The molecule has 0 aliphatic carbocycles. The van der Waals surface area contributed by atoms with Crippen LogP contribution in [0.2, 0.25) is 0 Å². The summed E-state index contributed by atoms with van der Waals surface area (Å²) in [6, 6.07) is 11.6. The predicted molar refractivity (Wildman–Crippen MR) is 134 cm³/mol. The summed E-state index contributed by atoms with van der Waals surface area (Å²) in [7, 11) is 0. The number of H-pyrrole nitrogens is 2. The third kappa shape index (κ3) is 4.15. The molecule has 0 saturated carbocycles. The number of pyridine rings is 1. The smallest absolute Gasteiger partial charge is 0.180 e. The molecule has 0 radical (unpaired) electrons. The quantitative estimate of drug-likeness (QED) is 0.206. The van der Waals surface area contributed by atoms with E-state index < -0.39 is 0 Å². The van der Waals surface area contributed by atoms with Gasteiger partial charge in [-0.05, 0) is 48.7 Å². The van der Waals surface area contributed by atoms with Gasteiger partial charge in [0.15, 0.2) is 5.82 Å². The number of aromatic amines is 2. The first-order chi connectivity index (χ1) is 16.6. The van der Waals surface area contributed by atoms with Crippen molar-refractivity contribution in [3.05, 3.63) is 91.4 Å². The molecule has 0 bridgehead atoms. The number of nitrogens with zero attached hydrogens (tertiary/aromatic N) is 4. The van der Waals surface area contributed by atoms with Crippen molar-refractivity contribution >= 4 is 39.0 Å². The summed E-state index contributed by atoms with van der Waals surface area (Å²) in [5.41, 5.74) is 16.5. The topological polar surface area (TPSA) is 159 Å². The van der Waals surface area contributed by atoms with Gasteiger partial charge in [0.25, 0.3) is 0 Å². The summed E-state index contributed by atoms with van der Waals surface area (Å²) in [6.45, 7) is 4.07. The molecule has 0 fully saturated rings. The Morgan fingerprint density at radius 2 is 1.88 bits per heavy atom. The second-order valence-electron chi connectivity index (χ2n) is 7.49. The molecular weight excluding hydrogens is 428 g/mol. The molecule has 4 aromatic heterocycles. The lowest BCUT2D eigenvalue weighted by Gasteiger charge is -2.08. The number of nitrogens with two attached hydrogens (primary N) is 2. The summed E-state index contributed by atoms with van der Waals surface area (Å²) in [5.74, 6) is 1.17. The summed E-state index contributed by atoms with van der Waals surface area (Å²) in [4.78, 5) is 16.9. The number of hydrogen-bond acceptors (Lipinski definition) is 8. The molecule has 0 aliphatic rings. The van der Waals surface area contributed by atoms with E-state index in [-0.39, 0.29) is 0 Å². The molecule has 4 heterocycles. The van der Waals surface area contributed by atoms with Gasteiger partial charge in [0.05, 0.1) is 28.8 Å². The highest BCUT2D eigenvalue weighted by molar-refractivity contribution is 5.86. The van der Waals surface area contributed by atoms with Crippen LogP contribution in [0.4, 0.5) is 11.5 Å². The van der Waals surface area contributed by atoms with Crippen molar-refractivity contribution in [2.75, 3.05) is 5.32 Å². The maximum absolute atomic E-state index is 5.61. The van der Waals surface area contributed by atoms with Gasteiger partial charge in [-0.1, -0.05) is 6.58 Å². The molecule has 1 aromatic carbocycles. The van der Waals surface area contributed by atoms with Gasteiger partial charge in [0.2, 0.25) is 0 Å². The van der Waals surface area contributed by atoms with Crippen molar-refractivity contribution in [1.82, 2.24) is 35.5 Å². The Morgan fingerprint density at radius 3 is 2.74 bits per heavy atom. The molecule has 5 aromatic rings. The van der Waals surface area contributed by atoms with E-state index in [0.29, 0.717) is 28.7 Å². The molecule has 8 N–H and O–H groups in total. The molecule has 0 atom stereocenters. The van der Waals surface area contributed by atoms with Gasteiger partial charge < -0.3 is 27.1 Å². The number of allylic oxidation sites excluding steroid dienone is 1. The van der Waals surface area contributed by atoms with Crippen LogP contribution in [-0.2, 0) is 0 Å². The number of aromatic nitrogens is 6. The van der Waals surface area contributed by atoms with Crippen molar-refractivity contribution in [3.63, 3.8) is 0 Å². The Balaban J connectivity index is 1.39. The fraction of sp³-hybridized carbons (Fsp3) is 0. The van der Waals surface area contributed by atoms with E-state index in [0.717, 1.165) is 33.2 Å². The van der Waals surface area contributed by atoms with E-state index in [1.807, 2.05) is 36.4 Å². The molecule has 168 valence electrons. The largest absolute Gasteiger partial charge is 0.405 e. The molecule has 0 amide bonds. The van der Waals surface area contributed by atoms with Crippen LogP contribution in [0, 0.1) is 0 Å². The second kappa shape index (κ2) is 8.79. The molecule has 10 heteroatoms. The van der Waals surface area contributed by atoms with Gasteiger partial charge in [-0.2, -0.15) is 5.10 Å². The molecule has 10 nitrogen and oxygen atoms in total. The highest BCUT2D eigenvalue weighted by atomic mass is 15.1. The summed E-state index contributed by atoms with van der Waals surface area (Å²) in [5, 5.41) is 15.4. The van der Waals surface area contributed by atoms with E-state index >= 15 is 0 Å². The summed E-state index contributed by atoms with van der Waals surface area (Å²) >= 11 is 0. The maximum Gasteiger partial charge on any atom is 0.180 e. The van der Waals surface area contributed by atoms with Crippen molar-refractivity contribution in [3.8, 4) is 11.5 Å². The molecule has 0 saturated heterocycles. The normalized spacial score (nSPS) is 11.9. The van der Waals surface area contributed by atoms with E-state index in [4.69, 9.17) is 11.5 Å². The third-order valence-corrected chi connectivity index (χ3v) is 5.18. The predicted octanol–water partition coefficient (Wildman–Crippen LogP) is 3.47. The Bertz CT molecular complexity index is 1560. The minimum Gasteiger partial charge on any atom is -0.405 e. The SMILES string of the molecule is C=C(NC(/C=C\N)=C/N)c1cc2cnc(-c3nccc(Nc4ccc5[nH]ncc5c4)n3)cc2[nH]1. The third-order valence-electron chi connectivity index (χ3n) is 5.18. The summed E-state index contributed by atoms with van der Waals surface area (Å²) in [6.07, 6.45) is 9.72. The number of anilines is 2. The monoisotopic (exact) mass is 450 g/mol. The minimum atomic E-state index is 0.505. The lowest BCUT2D eigenvalue weighted by atomic mass is 10.2. The zero-order valence-corrected chi connectivity index (χ0v) is 18.1. The van der Waals surface area contributed by atoms with Crippen molar-refractivity contribution in [2.24, 2.45) is 11.5 Å². The lowest BCUT2D eigenvalue weighted by Crippen LogP contribution is -2.11. The van der Waals surface area contributed by atoms with Crippen LogP contribution < -0.4 is 22.1 Å². The second-order valence-corrected chi connectivity index (χ2v) is 7.49. The van der Waals surface area contributed by atoms with Crippen LogP contribution >= 0.6 is 0 Å². The van der Waals surface area contributed by atoms with Gasteiger partial charge in [-0.25, -0.2) is 9.97 Å². The number of hydrogen-bond donors (Lipinski definition) is 6. The zero-order chi connectivity index (χ0) is 23.5. The number of rotatable bonds is 7. The average molecular weight is 451 g/mol. The Kier molecular flexibility index (Phi) is 5.37. The highest BCUT2D eigenvalue weighted by Gasteiger charge is 2.10. The molecule has 0 spiro atoms.